The number of hydrogen-bond donors (Lipinski definition) is 2. The summed E-state index contributed by atoms with van der Waals surface area (Å²) in [5.74, 6) is -0.531. The second-order valence-electron chi connectivity index (χ2n) is 5.79. The number of amides is 1. The Bertz CT molecular complexity index is 1070. The number of sulfone groups is 1. The van der Waals surface area contributed by atoms with Crippen molar-refractivity contribution >= 4 is 43.1 Å². The number of nitrogens with one attached hydrogen (secondary N) is 2. The first-order valence-electron chi connectivity index (χ1n) is 7.94. The van der Waals surface area contributed by atoms with E-state index in [1.165, 1.54) is 43.5 Å². The standard InChI is InChI=1S/C17H19ClN2O6S2/c1-26-10-9-19-17(21)15-11-14(7-8-16(15)18)28(24,25)20-12-3-5-13(6-4-12)27(2,22)23/h3-8,11,20H,9-10H2,1-2H3,(H,19,21). The minimum absolute atomic E-state index is 0.00747. The molecule has 0 radical (unpaired) electrons. The van der Waals surface area contributed by atoms with Crippen molar-refractivity contribution in [3.8, 4) is 0 Å². The molecule has 0 heterocycles. The maximum atomic E-state index is 12.6. The van der Waals surface area contributed by atoms with E-state index in [9.17, 15) is 21.6 Å². The Kier molecular flexibility index (Phi) is 7.05. The number of carbonyl (C=O) groups is 1. The van der Waals surface area contributed by atoms with Crippen LogP contribution in [0.4, 0.5) is 5.69 Å². The highest BCUT2D eigenvalue weighted by molar-refractivity contribution is 7.92. The van der Waals surface area contributed by atoms with Crippen LogP contribution in [0.1, 0.15) is 10.4 Å². The Morgan fingerprint density at radius 3 is 2.21 bits per heavy atom. The van der Waals surface area contributed by atoms with Crippen LogP contribution < -0.4 is 10.0 Å². The van der Waals surface area contributed by atoms with Gasteiger partial charge in [-0.1, -0.05) is 11.6 Å². The average Bonchev–Trinajstić information content (AvgIpc) is 2.61. The van der Waals surface area contributed by atoms with Gasteiger partial charge < -0.3 is 10.1 Å². The normalized spacial score (nSPS) is 11.8. The molecule has 0 unspecified atom stereocenters. The van der Waals surface area contributed by atoms with Gasteiger partial charge in [0.25, 0.3) is 15.9 Å². The van der Waals surface area contributed by atoms with Crippen LogP contribution in [0, 0.1) is 0 Å². The third kappa shape index (κ3) is 5.68. The molecular formula is C17H19ClN2O6S2. The second-order valence-corrected chi connectivity index (χ2v) is 9.90. The van der Waals surface area contributed by atoms with Crippen LogP contribution in [0.3, 0.4) is 0 Å². The molecule has 0 aromatic heterocycles. The maximum Gasteiger partial charge on any atom is 0.261 e. The molecule has 0 spiro atoms. The van der Waals surface area contributed by atoms with Crippen molar-refractivity contribution in [3.63, 3.8) is 0 Å². The molecule has 2 N–H and O–H groups in total. The highest BCUT2D eigenvalue weighted by Gasteiger charge is 2.19. The van der Waals surface area contributed by atoms with E-state index < -0.39 is 25.8 Å². The van der Waals surface area contributed by atoms with Gasteiger partial charge in [-0.2, -0.15) is 0 Å². The van der Waals surface area contributed by atoms with Crippen LogP contribution in [-0.2, 0) is 24.6 Å². The fourth-order valence-electron chi connectivity index (χ4n) is 2.19. The summed E-state index contributed by atoms with van der Waals surface area (Å²) in [6.07, 6.45) is 1.05. The predicted molar refractivity (Wildman–Crippen MR) is 106 cm³/mol. The number of sulfonamides is 1. The summed E-state index contributed by atoms with van der Waals surface area (Å²) in [6.45, 7) is 0.542. The van der Waals surface area contributed by atoms with Crippen LogP contribution in [0.15, 0.2) is 52.3 Å². The Labute approximate surface area is 168 Å². The molecule has 2 aromatic carbocycles. The lowest BCUT2D eigenvalue weighted by Gasteiger charge is -2.11. The second kappa shape index (κ2) is 8.91. The molecule has 0 fully saturated rings. The molecule has 28 heavy (non-hydrogen) atoms. The number of ether oxygens (including phenoxy) is 1. The first-order chi connectivity index (χ1) is 13.0. The highest BCUT2D eigenvalue weighted by Crippen LogP contribution is 2.23. The van der Waals surface area contributed by atoms with E-state index >= 15 is 0 Å². The van der Waals surface area contributed by atoms with Crippen molar-refractivity contribution in [1.82, 2.24) is 5.32 Å². The van der Waals surface area contributed by atoms with Gasteiger partial charge in [-0.05, 0) is 42.5 Å². The molecule has 2 rings (SSSR count). The number of carbonyl (C=O) groups excluding carboxylic acids is 1. The van der Waals surface area contributed by atoms with Gasteiger partial charge >= 0.3 is 0 Å². The van der Waals surface area contributed by atoms with E-state index in [4.69, 9.17) is 16.3 Å². The third-order valence-electron chi connectivity index (χ3n) is 3.62. The van der Waals surface area contributed by atoms with Crippen molar-refractivity contribution in [3.05, 3.63) is 53.1 Å². The molecular weight excluding hydrogens is 428 g/mol. The third-order valence-corrected chi connectivity index (χ3v) is 6.46. The van der Waals surface area contributed by atoms with Crippen molar-refractivity contribution in [2.45, 2.75) is 9.79 Å². The predicted octanol–water partition coefficient (Wildman–Crippen LogP) is 1.92. The Morgan fingerprint density at radius 2 is 1.64 bits per heavy atom. The molecule has 0 bridgehead atoms. The van der Waals surface area contributed by atoms with Gasteiger partial charge in [0.2, 0.25) is 0 Å². The molecule has 152 valence electrons. The highest BCUT2D eigenvalue weighted by atomic mass is 35.5. The molecule has 0 atom stereocenters. The Morgan fingerprint density at radius 1 is 1.04 bits per heavy atom. The summed E-state index contributed by atoms with van der Waals surface area (Å²) in [5, 5.41) is 2.67. The minimum atomic E-state index is -4.02. The van der Waals surface area contributed by atoms with E-state index in [1.54, 1.807) is 0 Å². The number of rotatable bonds is 8. The molecule has 0 saturated heterocycles. The van der Waals surface area contributed by atoms with Gasteiger partial charge in [0.15, 0.2) is 9.84 Å². The van der Waals surface area contributed by atoms with Gasteiger partial charge in [-0.3, -0.25) is 9.52 Å². The summed E-state index contributed by atoms with van der Waals surface area (Å²) in [4.78, 5) is 12.1. The smallest absolute Gasteiger partial charge is 0.261 e. The molecule has 2 aromatic rings. The van der Waals surface area contributed by atoms with Gasteiger partial charge in [-0.25, -0.2) is 16.8 Å². The van der Waals surface area contributed by atoms with Crippen LogP contribution >= 0.6 is 11.6 Å². The first-order valence-corrected chi connectivity index (χ1v) is 11.7. The zero-order valence-electron chi connectivity index (χ0n) is 15.1. The summed E-state index contributed by atoms with van der Waals surface area (Å²) < 4.78 is 55.3. The van der Waals surface area contributed by atoms with Gasteiger partial charge in [-0.15, -0.1) is 0 Å². The maximum absolute atomic E-state index is 12.6. The molecule has 0 aliphatic rings. The topological polar surface area (TPSA) is 119 Å². The Hall–Kier alpha value is -2.14. The summed E-state index contributed by atoms with van der Waals surface area (Å²) >= 11 is 6.01. The number of methoxy groups -OCH3 is 1. The van der Waals surface area contributed by atoms with Crippen molar-refractivity contribution in [2.75, 3.05) is 31.2 Å². The fourth-order valence-corrected chi connectivity index (χ4v) is 4.11. The van der Waals surface area contributed by atoms with Crippen LogP contribution in [0.25, 0.3) is 0 Å². The average molecular weight is 447 g/mol. The minimum Gasteiger partial charge on any atom is -0.383 e. The molecule has 1 amide bonds. The number of hydrogen-bond acceptors (Lipinski definition) is 6. The van der Waals surface area contributed by atoms with Crippen molar-refractivity contribution in [1.29, 1.82) is 0 Å². The number of benzene rings is 2. The summed E-state index contributed by atoms with van der Waals surface area (Å²) in [5.41, 5.74) is 0.182. The zero-order valence-corrected chi connectivity index (χ0v) is 17.5. The lowest BCUT2D eigenvalue weighted by atomic mass is 10.2. The fraction of sp³-hybridized carbons (Fsp3) is 0.235. The van der Waals surface area contributed by atoms with Crippen molar-refractivity contribution < 1.29 is 26.4 Å². The van der Waals surface area contributed by atoms with E-state index in [1.807, 2.05) is 0 Å². The lowest BCUT2D eigenvalue weighted by molar-refractivity contribution is 0.0937. The van der Waals surface area contributed by atoms with Gasteiger partial charge in [0, 0.05) is 25.6 Å². The molecule has 0 saturated carbocycles. The van der Waals surface area contributed by atoms with Gasteiger partial charge in [0.05, 0.1) is 27.0 Å². The largest absolute Gasteiger partial charge is 0.383 e. The quantitative estimate of drug-likeness (QED) is 0.598. The van der Waals surface area contributed by atoms with Crippen LogP contribution in [-0.4, -0.2) is 49.3 Å². The SMILES string of the molecule is COCCNC(=O)c1cc(S(=O)(=O)Nc2ccc(S(C)(=O)=O)cc2)ccc1Cl. The number of halogens is 1. The van der Waals surface area contributed by atoms with E-state index in [-0.39, 0.29) is 32.6 Å². The molecule has 0 aliphatic carbocycles. The summed E-state index contributed by atoms with van der Waals surface area (Å²) in [6, 6.07) is 9.01. The van der Waals surface area contributed by atoms with E-state index in [0.717, 1.165) is 12.3 Å². The van der Waals surface area contributed by atoms with E-state index in [0.29, 0.717) is 6.61 Å². The molecule has 11 heteroatoms. The first kappa shape index (κ1) is 22.2. The van der Waals surface area contributed by atoms with E-state index in [2.05, 4.69) is 10.0 Å². The Balaban J connectivity index is 2.25. The van der Waals surface area contributed by atoms with Crippen LogP contribution in [0.5, 0.6) is 0 Å². The lowest BCUT2D eigenvalue weighted by Crippen LogP contribution is -2.27. The number of anilines is 1. The molecule has 0 aliphatic heterocycles. The molecule has 8 nitrogen and oxygen atoms in total. The van der Waals surface area contributed by atoms with Crippen molar-refractivity contribution in [2.24, 2.45) is 0 Å². The monoisotopic (exact) mass is 446 g/mol. The van der Waals surface area contributed by atoms with Gasteiger partial charge in [0.1, 0.15) is 0 Å². The zero-order chi connectivity index (χ0) is 20.9. The summed E-state index contributed by atoms with van der Waals surface area (Å²) in [7, 11) is -5.93. The van der Waals surface area contributed by atoms with Crippen LogP contribution in [0.2, 0.25) is 5.02 Å².